The number of carbonyl (C=O) groups excluding carboxylic acids is 1. The van der Waals surface area contributed by atoms with Gasteiger partial charge in [-0.2, -0.15) is 0 Å². The molecule has 92 valence electrons. The number of amides is 1. The van der Waals surface area contributed by atoms with E-state index >= 15 is 0 Å². The van der Waals surface area contributed by atoms with Gasteiger partial charge >= 0.3 is 6.09 Å². The van der Waals surface area contributed by atoms with Gasteiger partial charge in [0, 0.05) is 18.1 Å². The lowest BCUT2D eigenvalue weighted by Crippen LogP contribution is -2.53. The van der Waals surface area contributed by atoms with Gasteiger partial charge in [-0.1, -0.05) is 0 Å². The molecule has 3 atom stereocenters. The maximum absolute atomic E-state index is 11.6. The van der Waals surface area contributed by atoms with Crippen LogP contribution in [-0.2, 0) is 4.74 Å². The Morgan fingerprint density at radius 2 is 1.94 bits per heavy atom. The minimum atomic E-state index is -0.412. The number of piperidine rings is 1. The van der Waals surface area contributed by atoms with E-state index in [4.69, 9.17) is 4.74 Å². The molecular weight excluding hydrogens is 204 g/mol. The van der Waals surface area contributed by atoms with Crippen molar-refractivity contribution in [3.63, 3.8) is 0 Å². The minimum Gasteiger partial charge on any atom is -0.444 e. The number of rotatable bonds is 1. The number of nitrogens with one attached hydrogen (secondary N) is 2. The average molecular weight is 226 g/mol. The number of carbonyl (C=O) groups is 1. The average Bonchev–Trinajstić information content (AvgIpc) is 2.51. The molecule has 4 heteroatoms. The molecule has 4 nitrogen and oxygen atoms in total. The van der Waals surface area contributed by atoms with E-state index < -0.39 is 5.60 Å². The topological polar surface area (TPSA) is 50.4 Å². The van der Waals surface area contributed by atoms with Crippen LogP contribution in [0.5, 0.6) is 0 Å². The Balaban J connectivity index is 1.83. The third kappa shape index (κ3) is 2.88. The standard InChI is InChI=1S/C12H22N2O2/c1-12(2,3)16-11(15)14-10-7-5-8-4-6-9(10)13-8/h8-10,13H,4-7H2,1-3H3,(H,14,15)/t8-,9+,10?/m0/s1. The van der Waals surface area contributed by atoms with Crippen LogP contribution in [0.3, 0.4) is 0 Å². The van der Waals surface area contributed by atoms with Crippen LogP contribution in [0.15, 0.2) is 0 Å². The van der Waals surface area contributed by atoms with Gasteiger partial charge < -0.3 is 15.4 Å². The van der Waals surface area contributed by atoms with Crippen molar-refractivity contribution in [3.8, 4) is 0 Å². The maximum atomic E-state index is 11.6. The summed E-state index contributed by atoms with van der Waals surface area (Å²) >= 11 is 0. The van der Waals surface area contributed by atoms with Crippen LogP contribution in [0, 0.1) is 0 Å². The fourth-order valence-electron chi connectivity index (χ4n) is 2.61. The minimum absolute atomic E-state index is 0.244. The molecule has 0 aromatic rings. The van der Waals surface area contributed by atoms with Gasteiger partial charge in [-0.15, -0.1) is 0 Å². The molecule has 2 saturated heterocycles. The van der Waals surface area contributed by atoms with Crippen molar-refractivity contribution in [2.75, 3.05) is 0 Å². The largest absolute Gasteiger partial charge is 0.444 e. The van der Waals surface area contributed by atoms with Gasteiger partial charge in [-0.3, -0.25) is 0 Å². The van der Waals surface area contributed by atoms with Crippen LogP contribution < -0.4 is 10.6 Å². The second-order valence-electron chi connectivity index (χ2n) is 5.88. The molecule has 1 unspecified atom stereocenters. The molecule has 2 rings (SSSR count). The van der Waals surface area contributed by atoms with E-state index in [1.807, 2.05) is 20.8 Å². The SMILES string of the molecule is CC(C)(C)OC(=O)NC1CC[C@@H]2CC[C@H]1N2. The summed E-state index contributed by atoms with van der Waals surface area (Å²) in [7, 11) is 0. The van der Waals surface area contributed by atoms with Gasteiger partial charge in [0.15, 0.2) is 0 Å². The second kappa shape index (κ2) is 4.24. The number of alkyl carbamates (subject to hydrolysis) is 1. The summed E-state index contributed by atoms with van der Waals surface area (Å²) in [6.07, 6.45) is 4.37. The zero-order chi connectivity index (χ0) is 11.8. The molecule has 2 aliphatic rings. The molecule has 16 heavy (non-hydrogen) atoms. The van der Waals surface area contributed by atoms with Crippen molar-refractivity contribution < 1.29 is 9.53 Å². The van der Waals surface area contributed by atoms with Crippen LogP contribution in [0.2, 0.25) is 0 Å². The lowest BCUT2D eigenvalue weighted by atomic mass is 10.0. The van der Waals surface area contributed by atoms with Gasteiger partial charge in [0.2, 0.25) is 0 Å². The molecule has 0 aromatic heterocycles. The highest BCUT2D eigenvalue weighted by Crippen LogP contribution is 2.26. The van der Waals surface area contributed by atoms with Gasteiger partial charge in [0.25, 0.3) is 0 Å². The molecule has 0 saturated carbocycles. The Kier molecular flexibility index (Phi) is 3.10. The first-order chi connectivity index (χ1) is 7.44. The summed E-state index contributed by atoms with van der Waals surface area (Å²) in [6.45, 7) is 5.66. The van der Waals surface area contributed by atoms with Crippen LogP contribution in [0.4, 0.5) is 4.79 Å². The van der Waals surface area contributed by atoms with E-state index in [2.05, 4.69) is 10.6 Å². The Hall–Kier alpha value is -0.770. The van der Waals surface area contributed by atoms with Gasteiger partial charge in [-0.05, 0) is 46.5 Å². The van der Waals surface area contributed by atoms with Crippen LogP contribution in [-0.4, -0.2) is 29.8 Å². The van der Waals surface area contributed by atoms with Crippen LogP contribution >= 0.6 is 0 Å². The fourth-order valence-corrected chi connectivity index (χ4v) is 2.61. The molecule has 0 aliphatic carbocycles. The van der Waals surface area contributed by atoms with Crippen molar-refractivity contribution >= 4 is 6.09 Å². The molecular formula is C12H22N2O2. The van der Waals surface area contributed by atoms with E-state index in [1.54, 1.807) is 0 Å². The molecule has 2 aliphatic heterocycles. The van der Waals surface area contributed by atoms with Crippen molar-refractivity contribution in [2.45, 2.75) is 70.2 Å². The second-order valence-corrected chi connectivity index (χ2v) is 5.88. The molecule has 1 amide bonds. The number of hydrogen-bond acceptors (Lipinski definition) is 3. The Bertz CT molecular complexity index is 273. The first kappa shape index (κ1) is 11.7. The number of ether oxygens (including phenoxy) is 1. The van der Waals surface area contributed by atoms with Crippen LogP contribution in [0.1, 0.15) is 46.5 Å². The molecule has 0 aromatic carbocycles. The highest BCUT2D eigenvalue weighted by molar-refractivity contribution is 5.68. The summed E-state index contributed by atoms with van der Waals surface area (Å²) in [5, 5.41) is 6.52. The summed E-state index contributed by atoms with van der Waals surface area (Å²) in [6, 6.07) is 1.38. The molecule has 2 bridgehead atoms. The zero-order valence-electron chi connectivity index (χ0n) is 10.4. The lowest BCUT2D eigenvalue weighted by molar-refractivity contribution is 0.0484. The zero-order valence-corrected chi connectivity index (χ0v) is 10.4. The Labute approximate surface area is 97.1 Å². The van der Waals surface area contributed by atoms with Crippen molar-refractivity contribution in [1.29, 1.82) is 0 Å². The predicted molar refractivity (Wildman–Crippen MR) is 62.3 cm³/mol. The lowest BCUT2D eigenvalue weighted by Gasteiger charge is -2.31. The highest BCUT2D eigenvalue weighted by atomic mass is 16.6. The Morgan fingerprint density at radius 3 is 2.62 bits per heavy atom. The number of hydrogen-bond donors (Lipinski definition) is 2. The third-order valence-electron chi connectivity index (χ3n) is 3.29. The maximum Gasteiger partial charge on any atom is 0.407 e. The number of fused-ring (bicyclic) bond motifs is 2. The molecule has 0 radical (unpaired) electrons. The van der Waals surface area contributed by atoms with Crippen molar-refractivity contribution in [1.82, 2.24) is 10.6 Å². The van der Waals surface area contributed by atoms with Gasteiger partial charge in [0.1, 0.15) is 5.60 Å². The summed E-state index contributed by atoms with van der Waals surface area (Å²) in [5.41, 5.74) is -0.412. The van der Waals surface area contributed by atoms with E-state index in [0.29, 0.717) is 12.1 Å². The van der Waals surface area contributed by atoms with Crippen molar-refractivity contribution in [2.24, 2.45) is 0 Å². The van der Waals surface area contributed by atoms with Gasteiger partial charge in [-0.25, -0.2) is 4.79 Å². The first-order valence-electron chi connectivity index (χ1n) is 6.19. The third-order valence-corrected chi connectivity index (χ3v) is 3.29. The van der Waals surface area contributed by atoms with Gasteiger partial charge in [0.05, 0.1) is 0 Å². The smallest absolute Gasteiger partial charge is 0.407 e. The monoisotopic (exact) mass is 226 g/mol. The van der Waals surface area contributed by atoms with Crippen molar-refractivity contribution in [3.05, 3.63) is 0 Å². The first-order valence-corrected chi connectivity index (χ1v) is 6.19. The predicted octanol–water partition coefficient (Wildman–Crippen LogP) is 1.79. The molecule has 2 heterocycles. The highest BCUT2D eigenvalue weighted by Gasteiger charge is 2.36. The molecule has 2 fully saturated rings. The van der Waals surface area contributed by atoms with E-state index in [1.165, 1.54) is 12.8 Å². The molecule has 0 spiro atoms. The fraction of sp³-hybridized carbons (Fsp3) is 0.917. The van der Waals surface area contributed by atoms with E-state index in [-0.39, 0.29) is 12.1 Å². The Morgan fingerprint density at radius 1 is 1.25 bits per heavy atom. The normalized spacial score (nSPS) is 33.6. The quantitative estimate of drug-likeness (QED) is 0.716. The van der Waals surface area contributed by atoms with E-state index in [9.17, 15) is 4.79 Å². The summed E-state index contributed by atoms with van der Waals surface area (Å²) in [4.78, 5) is 11.6. The van der Waals surface area contributed by atoms with E-state index in [0.717, 1.165) is 12.8 Å². The summed E-state index contributed by atoms with van der Waals surface area (Å²) < 4.78 is 5.27. The van der Waals surface area contributed by atoms with Crippen LogP contribution in [0.25, 0.3) is 0 Å². The molecule has 2 N–H and O–H groups in total. The summed E-state index contributed by atoms with van der Waals surface area (Å²) in [5.74, 6) is 0.